The minimum absolute atomic E-state index is 0.213. The highest BCUT2D eigenvalue weighted by Gasteiger charge is 2.36. The van der Waals surface area contributed by atoms with E-state index in [-0.39, 0.29) is 5.60 Å². The van der Waals surface area contributed by atoms with Crippen molar-refractivity contribution in [3.8, 4) is 0 Å². The number of benzene rings is 2. The summed E-state index contributed by atoms with van der Waals surface area (Å²) >= 11 is 6.00. The number of nitrogens with two attached hydrogens (primary N) is 1. The Kier molecular flexibility index (Phi) is 4.27. The van der Waals surface area contributed by atoms with Gasteiger partial charge in [-0.1, -0.05) is 23.7 Å². The van der Waals surface area contributed by atoms with Crippen molar-refractivity contribution in [1.82, 2.24) is 0 Å². The van der Waals surface area contributed by atoms with Gasteiger partial charge in [-0.05, 0) is 54.8 Å². The van der Waals surface area contributed by atoms with Gasteiger partial charge in [-0.25, -0.2) is 0 Å². The van der Waals surface area contributed by atoms with E-state index in [1.807, 2.05) is 24.3 Å². The summed E-state index contributed by atoms with van der Waals surface area (Å²) in [5.74, 6) is 0. The van der Waals surface area contributed by atoms with Gasteiger partial charge in [-0.3, -0.25) is 0 Å². The van der Waals surface area contributed by atoms with Gasteiger partial charge in [0, 0.05) is 36.6 Å². The van der Waals surface area contributed by atoms with Crippen LogP contribution < -0.4 is 10.6 Å². The molecule has 4 heteroatoms. The second-order valence-corrected chi connectivity index (χ2v) is 6.22. The van der Waals surface area contributed by atoms with E-state index in [1.54, 1.807) is 7.11 Å². The number of nitrogen functional groups attached to an aromatic ring is 1. The molecule has 0 aromatic heterocycles. The number of ether oxygens (including phenoxy) is 1. The zero-order valence-corrected chi connectivity index (χ0v) is 13.5. The summed E-state index contributed by atoms with van der Waals surface area (Å²) < 4.78 is 5.92. The van der Waals surface area contributed by atoms with E-state index in [9.17, 15) is 0 Å². The largest absolute Gasteiger partial charge is 0.399 e. The van der Waals surface area contributed by atoms with Crippen LogP contribution in [0.5, 0.6) is 0 Å². The summed E-state index contributed by atoms with van der Waals surface area (Å²) in [5.41, 5.74) is 8.77. The third-order valence-corrected chi connectivity index (χ3v) is 4.84. The van der Waals surface area contributed by atoms with E-state index < -0.39 is 0 Å². The first-order chi connectivity index (χ1) is 10.6. The second kappa shape index (κ2) is 6.19. The Morgan fingerprint density at radius 1 is 1.00 bits per heavy atom. The van der Waals surface area contributed by atoms with Crippen LogP contribution in [0.15, 0.2) is 48.5 Å². The number of halogens is 1. The van der Waals surface area contributed by atoms with Crippen molar-refractivity contribution in [2.24, 2.45) is 0 Å². The molecule has 0 radical (unpaired) electrons. The van der Waals surface area contributed by atoms with Crippen LogP contribution in [0.4, 0.5) is 11.4 Å². The van der Waals surface area contributed by atoms with Gasteiger partial charge >= 0.3 is 0 Å². The maximum Gasteiger partial charge on any atom is 0.0961 e. The first kappa shape index (κ1) is 15.2. The number of anilines is 2. The van der Waals surface area contributed by atoms with Crippen LogP contribution in [0.25, 0.3) is 0 Å². The first-order valence-electron chi connectivity index (χ1n) is 7.55. The molecular formula is C18H21ClN2O. The number of hydrogen-bond acceptors (Lipinski definition) is 3. The molecule has 1 aliphatic heterocycles. The second-order valence-electron chi connectivity index (χ2n) is 5.78. The Morgan fingerprint density at radius 2 is 1.59 bits per heavy atom. The summed E-state index contributed by atoms with van der Waals surface area (Å²) in [6.45, 7) is 1.92. The van der Waals surface area contributed by atoms with Gasteiger partial charge in [0.1, 0.15) is 0 Å². The van der Waals surface area contributed by atoms with Crippen molar-refractivity contribution in [1.29, 1.82) is 0 Å². The lowest BCUT2D eigenvalue weighted by Gasteiger charge is -2.42. The molecule has 3 rings (SSSR count). The van der Waals surface area contributed by atoms with Gasteiger partial charge < -0.3 is 15.4 Å². The lowest BCUT2D eigenvalue weighted by atomic mass is 9.84. The molecule has 0 amide bonds. The average Bonchev–Trinajstić information content (AvgIpc) is 2.56. The van der Waals surface area contributed by atoms with Gasteiger partial charge in [-0.2, -0.15) is 0 Å². The predicted molar refractivity (Wildman–Crippen MR) is 92.4 cm³/mol. The summed E-state index contributed by atoms with van der Waals surface area (Å²) in [6.07, 6.45) is 1.91. The molecule has 0 bridgehead atoms. The van der Waals surface area contributed by atoms with Gasteiger partial charge in [0.15, 0.2) is 0 Å². The molecule has 0 aliphatic carbocycles. The number of piperidine rings is 1. The zero-order valence-electron chi connectivity index (χ0n) is 12.8. The molecular weight excluding hydrogens is 296 g/mol. The van der Waals surface area contributed by atoms with Crippen LogP contribution in [-0.4, -0.2) is 20.2 Å². The molecule has 2 N–H and O–H groups in total. The van der Waals surface area contributed by atoms with Crippen molar-refractivity contribution >= 4 is 23.0 Å². The van der Waals surface area contributed by atoms with Crippen LogP contribution in [0.2, 0.25) is 5.02 Å². The molecule has 22 heavy (non-hydrogen) atoms. The van der Waals surface area contributed by atoms with Crippen molar-refractivity contribution in [2.45, 2.75) is 18.4 Å². The molecule has 1 fully saturated rings. The first-order valence-corrected chi connectivity index (χ1v) is 7.92. The van der Waals surface area contributed by atoms with Gasteiger partial charge in [0.05, 0.1) is 5.60 Å². The van der Waals surface area contributed by atoms with E-state index in [0.717, 1.165) is 36.6 Å². The van der Waals surface area contributed by atoms with Crippen molar-refractivity contribution in [3.63, 3.8) is 0 Å². The summed E-state index contributed by atoms with van der Waals surface area (Å²) in [4.78, 5) is 2.38. The molecule has 2 aromatic rings. The number of nitrogens with zero attached hydrogens (tertiary/aromatic N) is 1. The SMILES string of the molecule is COC1(c2ccc(Cl)cc2)CCN(c2ccc(N)cc2)CC1. The Hall–Kier alpha value is -1.71. The molecule has 1 aliphatic rings. The summed E-state index contributed by atoms with van der Waals surface area (Å²) in [5, 5.41) is 0.759. The van der Waals surface area contributed by atoms with Crippen LogP contribution in [0.1, 0.15) is 18.4 Å². The molecule has 0 atom stereocenters. The van der Waals surface area contributed by atoms with Crippen molar-refractivity contribution in [3.05, 3.63) is 59.1 Å². The zero-order chi connectivity index (χ0) is 15.6. The highest BCUT2D eigenvalue weighted by Crippen LogP contribution is 2.38. The standard InChI is InChI=1S/C18H21ClN2O/c1-22-18(14-2-4-15(19)5-3-14)10-12-21(13-11-18)17-8-6-16(20)7-9-17/h2-9H,10-13,20H2,1H3. The molecule has 1 heterocycles. The van der Waals surface area contributed by atoms with Crippen LogP contribution in [-0.2, 0) is 10.3 Å². The molecule has 1 saturated heterocycles. The lowest BCUT2D eigenvalue weighted by Crippen LogP contribution is -2.43. The smallest absolute Gasteiger partial charge is 0.0961 e. The fraction of sp³-hybridized carbons (Fsp3) is 0.333. The average molecular weight is 317 g/mol. The van der Waals surface area contributed by atoms with Crippen LogP contribution in [0.3, 0.4) is 0 Å². The third kappa shape index (κ3) is 2.92. The Balaban J connectivity index is 1.76. The number of hydrogen-bond donors (Lipinski definition) is 1. The van der Waals surface area contributed by atoms with E-state index in [0.29, 0.717) is 0 Å². The predicted octanol–water partition coefficient (Wildman–Crippen LogP) is 4.06. The molecule has 0 spiro atoms. The highest BCUT2D eigenvalue weighted by molar-refractivity contribution is 6.30. The number of rotatable bonds is 3. The molecule has 116 valence electrons. The van der Waals surface area contributed by atoms with E-state index >= 15 is 0 Å². The number of methoxy groups -OCH3 is 1. The van der Waals surface area contributed by atoms with Gasteiger partial charge in [0.25, 0.3) is 0 Å². The van der Waals surface area contributed by atoms with Crippen LogP contribution >= 0.6 is 11.6 Å². The molecule has 2 aromatic carbocycles. The normalized spacial score (nSPS) is 17.5. The molecule has 3 nitrogen and oxygen atoms in total. The summed E-state index contributed by atoms with van der Waals surface area (Å²) in [7, 11) is 1.80. The topological polar surface area (TPSA) is 38.5 Å². The van der Waals surface area contributed by atoms with Gasteiger partial charge in [0.2, 0.25) is 0 Å². The van der Waals surface area contributed by atoms with Crippen LogP contribution in [0, 0.1) is 0 Å². The Labute approximate surface area is 136 Å². The fourth-order valence-corrected chi connectivity index (χ4v) is 3.30. The maximum absolute atomic E-state index is 6.00. The fourth-order valence-electron chi connectivity index (χ4n) is 3.18. The summed E-state index contributed by atoms with van der Waals surface area (Å²) in [6, 6.07) is 16.1. The Bertz CT molecular complexity index is 617. The van der Waals surface area contributed by atoms with Crippen molar-refractivity contribution in [2.75, 3.05) is 30.8 Å². The van der Waals surface area contributed by atoms with Crippen molar-refractivity contribution < 1.29 is 4.74 Å². The maximum atomic E-state index is 6.00. The van der Waals surface area contributed by atoms with E-state index in [4.69, 9.17) is 22.1 Å². The minimum Gasteiger partial charge on any atom is -0.399 e. The van der Waals surface area contributed by atoms with Gasteiger partial charge in [-0.15, -0.1) is 0 Å². The highest BCUT2D eigenvalue weighted by atomic mass is 35.5. The van der Waals surface area contributed by atoms with E-state index in [1.165, 1.54) is 11.3 Å². The third-order valence-electron chi connectivity index (χ3n) is 4.59. The molecule has 0 unspecified atom stereocenters. The molecule has 0 saturated carbocycles. The Morgan fingerprint density at radius 3 is 2.14 bits per heavy atom. The monoisotopic (exact) mass is 316 g/mol. The van der Waals surface area contributed by atoms with E-state index in [2.05, 4.69) is 29.2 Å². The quantitative estimate of drug-likeness (QED) is 0.868. The minimum atomic E-state index is -0.213. The lowest BCUT2D eigenvalue weighted by molar-refractivity contribution is -0.0346.